The lowest BCUT2D eigenvalue weighted by molar-refractivity contribution is -0.137. The van der Waals surface area contributed by atoms with Crippen molar-refractivity contribution in [2.24, 2.45) is 0 Å². The van der Waals surface area contributed by atoms with E-state index in [2.05, 4.69) is 30.2 Å². The molecule has 0 bridgehead atoms. The van der Waals surface area contributed by atoms with Gasteiger partial charge in [0.2, 0.25) is 5.95 Å². The summed E-state index contributed by atoms with van der Waals surface area (Å²) in [4.78, 5) is 18.8. The maximum atomic E-state index is 13.2. The number of hydrogen-bond donors (Lipinski definition) is 1. The molecule has 1 N–H and O–H groups in total. The van der Waals surface area contributed by atoms with Crippen molar-refractivity contribution >= 4 is 11.8 Å². The van der Waals surface area contributed by atoms with Gasteiger partial charge in [0, 0.05) is 43.8 Å². The molecule has 156 valence electrons. The van der Waals surface area contributed by atoms with Crippen LogP contribution in [0, 0.1) is 0 Å². The summed E-state index contributed by atoms with van der Waals surface area (Å²) in [5.74, 6) is 0.00280. The summed E-state index contributed by atoms with van der Waals surface area (Å²) >= 11 is 0. The summed E-state index contributed by atoms with van der Waals surface area (Å²) in [7, 11) is 0. The second kappa shape index (κ2) is 8.74. The number of aromatic nitrogens is 4. The van der Waals surface area contributed by atoms with Crippen LogP contribution < -0.4 is 5.32 Å². The zero-order valence-electron chi connectivity index (χ0n) is 16.2. The fourth-order valence-corrected chi connectivity index (χ4v) is 3.69. The number of hydrogen-bond acceptors (Lipinski definition) is 6. The molecule has 9 heteroatoms. The first kappa shape index (κ1) is 20.2. The van der Waals surface area contributed by atoms with Gasteiger partial charge >= 0.3 is 6.18 Å². The Morgan fingerprint density at radius 1 is 1.03 bits per heavy atom. The molecule has 4 rings (SSSR count). The molecule has 1 fully saturated rings. The first-order valence-electron chi connectivity index (χ1n) is 9.72. The molecule has 6 nitrogen and oxygen atoms in total. The molecule has 0 radical (unpaired) electrons. The van der Waals surface area contributed by atoms with E-state index in [4.69, 9.17) is 0 Å². The van der Waals surface area contributed by atoms with Crippen molar-refractivity contribution in [3.05, 3.63) is 71.9 Å². The number of halogens is 3. The van der Waals surface area contributed by atoms with Crippen LogP contribution in [0.1, 0.15) is 35.6 Å². The van der Waals surface area contributed by atoms with Crippen LogP contribution in [-0.2, 0) is 12.7 Å². The van der Waals surface area contributed by atoms with E-state index in [1.807, 2.05) is 18.2 Å². The van der Waals surface area contributed by atoms with Crippen molar-refractivity contribution < 1.29 is 13.2 Å². The number of pyridine rings is 2. The lowest BCUT2D eigenvalue weighted by Gasteiger charge is -2.32. The zero-order chi connectivity index (χ0) is 21.0. The van der Waals surface area contributed by atoms with Crippen molar-refractivity contribution in [3.8, 4) is 0 Å². The van der Waals surface area contributed by atoms with E-state index in [-0.39, 0.29) is 17.7 Å². The van der Waals surface area contributed by atoms with Crippen LogP contribution in [0.5, 0.6) is 0 Å². The standard InChI is InChI=1S/C21H21F3N6/c22-21(23,24)17-4-1-8-26-19(17)29-20-27-11-7-18(28-20)16-3-2-12-30(14-16)13-15-5-9-25-10-6-15/h1,4-11,16H,2-3,12-14H2,(H,26,27,28,29). The van der Waals surface area contributed by atoms with Gasteiger partial charge in [0.1, 0.15) is 5.82 Å². The SMILES string of the molecule is FC(F)(F)c1cccnc1Nc1nccc(C2CCCN(Cc3ccncc3)C2)n1. The predicted molar refractivity (Wildman–Crippen MR) is 106 cm³/mol. The molecule has 30 heavy (non-hydrogen) atoms. The summed E-state index contributed by atoms with van der Waals surface area (Å²) in [5, 5.41) is 2.64. The van der Waals surface area contributed by atoms with Crippen molar-refractivity contribution in [1.29, 1.82) is 0 Å². The highest BCUT2D eigenvalue weighted by molar-refractivity contribution is 5.54. The van der Waals surface area contributed by atoms with Crippen LogP contribution in [0.2, 0.25) is 0 Å². The van der Waals surface area contributed by atoms with Crippen LogP contribution in [0.4, 0.5) is 24.9 Å². The van der Waals surface area contributed by atoms with Crippen LogP contribution in [0.3, 0.4) is 0 Å². The van der Waals surface area contributed by atoms with Crippen LogP contribution in [0.25, 0.3) is 0 Å². The molecule has 1 unspecified atom stereocenters. The maximum Gasteiger partial charge on any atom is 0.419 e. The van der Waals surface area contributed by atoms with Crippen LogP contribution in [0.15, 0.2) is 55.1 Å². The van der Waals surface area contributed by atoms with Gasteiger partial charge < -0.3 is 5.32 Å². The average Bonchev–Trinajstić information content (AvgIpc) is 2.75. The van der Waals surface area contributed by atoms with E-state index < -0.39 is 11.7 Å². The smallest absolute Gasteiger partial charge is 0.308 e. The minimum atomic E-state index is -4.51. The van der Waals surface area contributed by atoms with Gasteiger partial charge in [0.25, 0.3) is 0 Å². The number of rotatable bonds is 5. The Bertz CT molecular complexity index is 980. The molecular weight excluding hydrogens is 393 g/mol. The zero-order valence-corrected chi connectivity index (χ0v) is 16.2. The van der Waals surface area contributed by atoms with E-state index in [0.717, 1.165) is 44.2 Å². The fourth-order valence-electron chi connectivity index (χ4n) is 3.69. The Kier molecular flexibility index (Phi) is 5.89. The number of piperidine rings is 1. The molecule has 3 aromatic rings. The van der Waals surface area contributed by atoms with Gasteiger partial charge in [0.15, 0.2) is 0 Å². The number of alkyl halides is 3. The molecule has 3 aromatic heterocycles. The Balaban J connectivity index is 1.48. The van der Waals surface area contributed by atoms with Crippen molar-refractivity contribution in [1.82, 2.24) is 24.8 Å². The molecule has 0 saturated carbocycles. The van der Waals surface area contributed by atoms with E-state index in [0.29, 0.717) is 0 Å². The summed E-state index contributed by atoms with van der Waals surface area (Å²) in [5.41, 5.74) is 1.17. The molecule has 0 amide bonds. The number of nitrogens with zero attached hydrogens (tertiary/aromatic N) is 5. The topological polar surface area (TPSA) is 66.8 Å². The fraction of sp³-hybridized carbons (Fsp3) is 0.333. The number of likely N-dealkylation sites (tertiary alicyclic amines) is 1. The summed E-state index contributed by atoms with van der Waals surface area (Å²) in [6.07, 6.45) is 3.94. The van der Waals surface area contributed by atoms with Gasteiger partial charge in [-0.2, -0.15) is 13.2 Å². The van der Waals surface area contributed by atoms with E-state index >= 15 is 0 Å². The summed E-state index contributed by atoms with van der Waals surface area (Å²) in [6.45, 7) is 2.66. The minimum Gasteiger partial charge on any atom is -0.308 e. The predicted octanol–water partition coefficient (Wildman–Crippen LogP) is 4.41. The third-order valence-electron chi connectivity index (χ3n) is 5.10. The first-order valence-corrected chi connectivity index (χ1v) is 9.72. The average molecular weight is 414 g/mol. The third-order valence-corrected chi connectivity index (χ3v) is 5.10. The Labute approximate surface area is 172 Å². The van der Waals surface area contributed by atoms with E-state index in [9.17, 15) is 13.2 Å². The van der Waals surface area contributed by atoms with Gasteiger partial charge in [-0.15, -0.1) is 0 Å². The maximum absolute atomic E-state index is 13.2. The van der Waals surface area contributed by atoms with Crippen molar-refractivity contribution in [3.63, 3.8) is 0 Å². The molecule has 4 heterocycles. The molecule has 0 aromatic carbocycles. The van der Waals surface area contributed by atoms with Gasteiger partial charge in [-0.3, -0.25) is 9.88 Å². The molecule has 1 aliphatic rings. The summed E-state index contributed by atoms with van der Waals surface area (Å²) < 4.78 is 39.6. The summed E-state index contributed by atoms with van der Waals surface area (Å²) in [6, 6.07) is 8.07. The van der Waals surface area contributed by atoms with Gasteiger partial charge in [-0.1, -0.05) is 0 Å². The molecule has 1 aliphatic heterocycles. The quantitative estimate of drug-likeness (QED) is 0.667. The molecule has 0 spiro atoms. The molecule has 1 atom stereocenters. The van der Waals surface area contributed by atoms with Crippen molar-refractivity contribution in [2.45, 2.75) is 31.5 Å². The normalized spacial score (nSPS) is 17.6. The van der Waals surface area contributed by atoms with E-state index in [1.54, 1.807) is 18.6 Å². The first-order chi connectivity index (χ1) is 14.5. The van der Waals surface area contributed by atoms with Crippen molar-refractivity contribution in [2.75, 3.05) is 18.4 Å². The highest BCUT2D eigenvalue weighted by Crippen LogP contribution is 2.34. The van der Waals surface area contributed by atoms with E-state index in [1.165, 1.54) is 17.8 Å². The van der Waals surface area contributed by atoms with Crippen LogP contribution in [-0.4, -0.2) is 37.9 Å². The minimum absolute atomic E-state index is 0.114. The third kappa shape index (κ3) is 4.91. The number of nitrogens with one attached hydrogen (secondary N) is 1. The van der Waals surface area contributed by atoms with Gasteiger partial charge in [0.05, 0.1) is 11.3 Å². The molecule has 1 saturated heterocycles. The Hall–Kier alpha value is -3.07. The molecule has 0 aliphatic carbocycles. The highest BCUT2D eigenvalue weighted by Gasteiger charge is 2.34. The Morgan fingerprint density at radius 2 is 1.87 bits per heavy atom. The lowest BCUT2D eigenvalue weighted by Crippen LogP contribution is -2.34. The monoisotopic (exact) mass is 414 g/mol. The second-order valence-corrected chi connectivity index (χ2v) is 7.26. The van der Waals surface area contributed by atoms with Gasteiger partial charge in [-0.05, 0) is 55.3 Å². The number of anilines is 2. The Morgan fingerprint density at radius 3 is 2.67 bits per heavy atom. The second-order valence-electron chi connectivity index (χ2n) is 7.26. The van der Waals surface area contributed by atoms with Gasteiger partial charge in [-0.25, -0.2) is 15.0 Å². The van der Waals surface area contributed by atoms with Crippen LogP contribution >= 0.6 is 0 Å². The highest BCUT2D eigenvalue weighted by atomic mass is 19.4. The lowest BCUT2D eigenvalue weighted by atomic mass is 9.94. The largest absolute Gasteiger partial charge is 0.419 e. The molecular formula is C21H21F3N6.